The molecule has 1 aliphatic carbocycles. The summed E-state index contributed by atoms with van der Waals surface area (Å²) in [5.74, 6) is -0.870. The number of nitrogens with zero attached hydrogens (tertiary/aromatic N) is 4. The summed E-state index contributed by atoms with van der Waals surface area (Å²) in [6, 6.07) is -0.255. The van der Waals surface area contributed by atoms with Crippen LogP contribution in [0, 0.1) is 11.8 Å². The maximum absolute atomic E-state index is 12.7. The number of likely N-dealkylation sites (tertiary alicyclic amines) is 1. The summed E-state index contributed by atoms with van der Waals surface area (Å²) >= 11 is 0. The SMILES string of the molecule is CC(C)n1cnc(S(=O)(=O)N2CC(N3C(=O)[C@H]4CC=CC[C@H]4C3=O)C2)c1. The highest BCUT2D eigenvalue weighted by Crippen LogP contribution is 2.38. The number of imidazole rings is 1. The zero-order valence-electron chi connectivity index (χ0n) is 14.8. The summed E-state index contributed by atoms with van der Waals surface area (Å²) in [6.07, 6.45) is 8.08. The van der Waals surface area contributed by atoms with Crippen LogP contribution in [0.15, 0.2) is 29.7 Å². The van der Waals surface area contributed by atoms with Gasteiger partial charge in [-0.1, -0.05) is 12.2 Å². The van der Waals surface area contributed by atoms with Gasteiger partial charge in [0.15, 0.2) is 5.03 Å². The van der Waals surface area contributed by atoms with Crippen LogP contribution in [0.2, 0.25) is 0 Å². The van der Waals surface area contributed by atoms with Crippen LogP contribution in [0.25, 0.3) is 0 Å². The minimum Gasteiger partial charge on any atom is -0.334 e. The van der Waals surface area contributed by atoms with Gasteiger partial charge in [0, 0.05) is 25.3 Å². The Morgan fingerprint density at radius 1 is 1.08 bits per heavy atom. The number of carbonyl (C=O) groups is 2. The Balaban J connectivity index is 1.46. The molecule has 1 aromatic rings. The van der Waals surface area contributed by atoms with E-state index in [2.05, 4.69) is 4.98 Å². The van der Waals surface area contributed by atoms with Crippen LogP contribution in [-0.4, -0.2) is 58.1 Å². The molecule has 2 atom stereocenters. The first-order chi connectivity index (χ1) is 12.3. The lowest BCUT2D eigenvalue weighted by atomic mass is 9.85. The van der Waals surface area contributed by atoms with Crippen LogP contribution in [0.3, 0.4) is 0 Å². The highest BCUT2D eigenvalue weighted by Gasteiger charge is 2.53. The lowest BCUT2D eigenvalue weighted by Gasteiger charge is -2.41. The number of hydrogen-bond acceptors (Lipinski definition) is 5. The van der Waals surface area contributed by atoms with Crippen molar-refractivity contribution in [3.05, 3.63) is 24.7 Å². The molecule has 1 aromatic heterocycles. The summed E-state index contributed by atoms with van der Waals surface area (Å²) in [6.45, 7) is 4.16. The minimum absolute atomic E-state index is 0.00148. The van der Waals surface area contributed by atoms with Crippen LogP contribution in [0.4, 0.5) is 0 Å². The molecular weight excluding hydrogens is 356 g/mol. The molecule has 2 amide bonds. The topological polar surface area (TPSA) is 92.6 Å². The van der Waals surface area contributed by atoms with Gasteiger partial charge in [0.2, 0.25) is 11.8 Å². The number of amides is 2. The Morgan fingerprint density at radius 3 is 2.15 bits per heavy atom. The number of aromatic nitrogens is 2. The van der Waals surface area contributed by atoms with Crippen LogP contribution in [0.1, 0.15) is 32.7 Å². The quantitative estimate of drug-likeness (QED) is 0.570. The van der Waals surface area contributed by atoms with E-state index in [0.29, 0.717) is 12.8 Å². The molecule has 3 heterocycles. The largest absolute Gasteiger partial charge is 0.334 e. The van der Waals surface area contributed by atoms with Crippen molar-refractivity contribution in [3.63, 3.8) is 0 Å². The van der Waals surface area contributed by atoms with E-state index in [0.717, 1.165) is 0 Å². The second-order valence-electron chi connectivity index (χ2n) is 7.43. The summed E-state index contributed by atoms with van der Waals surface area (Å²) in [5.41, 5.74) is 0. The predicted molar refractivity (Wildman–Crippen MR) is 92.4 cm³/mol. The molecule has 26 heavy (non-hydrogen) atoms. The molecule has 0 N–H and O–H groups in total. The second-order valence-corrected chi connectivity index (χ2v) is 9.32. The fourth-order valence-corrected chi connectivity index (χ4v) is 5.26. The molecule has 0 saturated carbocycles. The summed E-state index contributed by atoms with van der Waals surface area (Å²) in [4.78, 5) is 30.5. The highest BCUT2D eigenvalue weighted by molar-refractivity contribution is 7.89. The van der Waals surface area contributed by atoms with Gasteiger partial charge in [0.1, 0.15) is 0 Å². The van der Waals surface area contributed by atoms with E-state index < -0.39 is 10.0 Å². The highest BCUT2D eigenvalue weighted by atomic mass is 32.2. The van der Waals surface area contributed by atoms with Gasteiger partial charge in [-0.2, -0.15) is 4.31 Å². The fourth-order valence-electron chi connectivity index (χ4n) is 3.83. The molecule has 9 heteroatoms. The first-order valence-electron chi connectivity index (χ1n) is 8.86. The van der Waals surface area contributed by atoms with Crippen molar-refractivity contribution in [1.29, 1.82) is 0 Å². The van der Waals surface area contributed by atoms with Gasteiger partial charge in [-0.05, 0) is 26.7 Å². The van der Waals surface area contributed by atoms with Gasteiger partial charge in [-0.15, -0.1) is 0 Å². The van der Waals surface area contributed by atoms with Crippen molar-refractivity contribution >= 4 is 21.8 Å². The standard InChI is InChI=1S/C17H22N4O4S/c1-11(2)19-9-15(18-10-19)26(24,25)20-7-12(8-20)21-16(22)13-5-3-4-6-14(13)17(21)23/h3-4,9-14H,5-8H2,1-2H3/t13-,14+. The van der Waals surface area contributed by atoms with E-state index in [-0.39, 0.29) is 53.8 Å². The predicted octanol–water partition coefficient (Wildman–Crippen LogP) is 0.788. The average molecular weight is 378 g/mol. The van der Waals surface area contributed by atoms with Crippen LogP contribution in [-0.2, 0) is 19.6 Å². The van der Waals surface area contributed by atoms with Crippen LogP contribution >= 0.6 is 0 Å². The summed E-state index contributed by atoms with van der Waals surface area (Å²) in [7, 11) is -3.70. The summed E-state index contributed by atoms with van der Waals surface area (Å²) in [5, 5.41) is 0.00148. The van der Waals surface area contributed by atoms with Gasteiger partial charge in [0.25, 0.3) is 10.0 Å². The first-order valence-corrected chi connectivity index (χ1v) is 10.3. The van der Waals surface area contributed by atoms with Crippen molar-refractivity contribution in [2.75, 3.05) is 13.1 Å². The number of fused-ring (bicyclic) bond motifs is 1. The van der Waals surface area contributed by atoms with Crippen LogP contribution in [0.5, 0.6) is 0 Å². The molecular formula is C17H22N4O4S. The Hall–Kier alpha value is -2.00. The van der Waals surface area contributed by atoms with E-state index >= 15 is 0 Å². The molecule has 2 saturated heterocycles. The molecule has 140 valence electrons. The Kier molecular flexibility index (Phi) is 4.03. The Bertz CT molecular complexity index is 856. The molecule has 0 radical (unpaired) electrons. The van der Waals surface area contributed by atoms with Crippen molar-refractivity contribution < 1.29 is 18.0 Å². The fraction of sp³-hybridized carbons (Fsp3) is 0.588. The number of imide groups is 1. The third-order valence-corrected chi connectivity index (χ3v) is 7.23. The first kappa shape index (κ1) is 17.4. The molecule has 3 aliphatic rings. The van der Waals surface area contributed by atoms with Gasteiger partial charge in [0.05, 0.1) is 24.2 Å². The summed E-state index contributed by atoms with van der Waals surface area (Å²) < 4.78 is 28.4. The van der Waals surface area contributed by atoms with Gasteiger partial charge < -0.3 is 4.57 Å². The number of hydrogen-bond donors (Lipinski definition) is 0. The second kappa shape index (κ2) is 6.02. The van der Waals surface area contributed by atoms with Crippen molar-refractivity contribution in [2.45, 2.75) is 43.8 Å². The molecule has 4 rings (SSSR count). The van der Waals surface area contributed by atoms with Gasteiger partial charge in [-0.25, -0.2) is 13.4 Å². The van der Waals surface area contributed by atoms with Crippen molar-refractivity contribution in [1.82, 2.24) is 18.8 Å². The van der Waals surface area contributed by atoms with E-state index in [1.165, 1.54) is 21.7 Å². The smallest absolute Gasteiger partial charge is 0.262 e. The Morgan fingerprint density at radius 2 is 1.65 bits per heavy atom. The number of rotatable bonds is 4. The molecule has 2 aliphatic heterocycles. The van der Waals surface area contributed by atoms with Crippen LogP contribution < -0.4 is 0 Å². The average Bonchev–Trinajstić information content (AvgIpc) is 3.14. The maximum atomic E-state index is 12.7. The molecule has 0 spiro atoms. The Labute approximate surface area is 152 Å². The lowest BCUT2D eigenvalue weighted by Crippen LogP contribution is -2.62. The van der Waals surface area contributed by atoms with Gasteiger partial charge >= 0.3 is 0 Å². The monoisotopic (exact) mass is 378 g/mol. The zero-order chi connectivity index (χ0) is 18.6. The number of sulfonamides is 1. The third kappa shape index (κ3) is 2.52. The number of allylic oxidation sites excluding steroid dienone is 2. The molecule has 0 unspecified atom stereocenters. The third-order valence-electron chi connectivity index (χ3n) is 5.51. The lowest BCUT2D eigenvalue weighted by molar-refractivity contribution is -0.145. The van der Waals surface area contributed by atoms with E-state index in [1.54, 1.807) is 4.57 Å². The van der Waals surface area contributed by atoms with E-state index in [9.17, 15) is 18.0 Å². The normalized spacial score (nSPS) is 27.3. The molecule has 8 nitrogen and oxygen atoms in total. The zero-order valence-corrected chi connectivity index (χ0v) is 15.6. The van der Waals surface area contributed by atoms with E-state index in [4.69, 9.17) is 0 Å². The minimum atomic E-state index is -3.70. The van der Waals surface area contributed by atoms with Crippen molar-refractivity contribution in [2.24, 2.45) is 11.8 Å². The molecule has 0 bridgehead atoms. The van der Waals surface area contributed by atoms with E-state index in [1.807, 2.05) is 26.0 Å². The number of carbonyl (C=O) groups excluding carboxylic acids is 2. The van der Waals surface area contributed by atoms with Crippen molar-refractivity contribution in [3.8, 4) is 0 Å². The van der Waals surface area contributed by atoms with Gasteiger partial charge in [-0.3, -0.25) is 14.5 Å². The molecule has 2 fully saturated rings. The maximum Gasteiger partial charge on any atom is 0.262 e. The molecule has 0 aromatic carbocycles.